The van der Waals surface area contributed by atoms with Crippen molar-refractivity contribution in [2.45, 2.75) is 37.8 Å². The average Bonchev–Trinajstić information content (AvgIpc) is 3.03. The number of halogens is 1. The Balaban J connectivity index is 1.69. The van der Waals surface area contributed by atoms with Crippen LogP contribution in [0.2, 0.25) is 5.02 Å². The van der Waals surface area contributed by atoms with Gasteiger partial charge in [-0.3, -0.25) is 9.59 Å². The van der Waals surface area contributed by atoms with E-state index < -0.39 is 18.1 Å². The Kier molecular flexibility index (Phi) is 11.0. The summed E-state index contributed by atoms with van der Waals surface area (Å²) >= 11 is 6.81. The van der Waals surface area contributed by atoms with Gasteiger partial charge in [-0.05, 0) is 79.8 Å². The maximum atomic E-state index is 13.6. The number of aliphatic hydroxyl groups is 2. The highest BCUT2D eigenvalue weighted by atomic mass is 35.5. The van der Waals surface area contributed by atoms with Crippen molar-refractivity contribution in [3.05, 3.63) is 88.4 Å². The van der Waals surface area contributed by atoms with Crippen molar-refractivity contribution in [3.8, 4) is 16.9 Å². The Hall–Kier alpha value is -3.43. The van der Waals surface area contributed by atoms with Crippen LogP contribution < -0.4 is 15.4 Å². The summed E-state index contributed by atoms with van der Waals surface area (Å²) in [5.41, 5.74) is 2.55. The zero-order valence-electron chi connectivity index (χ0n) is 24.2. The van der Waals surface area contributed by atoms with Gasteiger partial charge in [0.2, 0.25) is 5.91 Å². The molecule has 0 radical (unpaired) electrons. The maximum absolute atomic E-state index is 13.6. The molecule has 1 fully saturated rings. The Morgan fingerprint density at radius 2 is 1.88 bits per heavy atom. The molecular formula is C33H40ClN3O5. The van der Waals surface area contributed by atoms with Crippen LogP contribution in [-0.4, -0.2) is 67.3 Å². The molecular weight excluding hydrogens is 554 g/mol. The summed E-state index contributed by atoms with van der Waals surface area (Å²) in [4.78, 5) is 27.1. The summed E-state index contributed by atoms with van der Waals surface area (Å²) < 4.78 is 5.46. The highest BCUT2D eigenvalue weighted by Gasteiger charge is 2.43. The van der Waals surface area contributed by atoms with Crippen LogP contribution in [0.15, 0.2) is 66.7 Å². The number of rotatable bonds is 12. The third-order valence-electron chi connectivity index (χ3n) is 8.00. The van der Waals surface area contributed by atoms with E-state index >= 15 is 0 Å². The fourth-order valence-electron chi connectivity index (χ4n) is 5.86. The number of hydrogen-bond donors (Lipinski definition) is 4. The molecule has 0 spiro atoms. The lowest BCUT2D eigenvalue weighted by Gasteiger charge is -2.44. The summed E-state index contributed by atoms with van der Waals surface area (Å²) in [5.74, 6) is -0.139. The lowest BCUT2D eigenvalue weighted by atomic mass is 9.72. The summed E-state index contributed by atoms with van der Waals surface area (Å²) in [6.45, 7) is 1.41. The molecule has 9 heteroatoms. The van der Waals surface area contributed by atoms with E-state index in [9.17, 15) is 14.7 Å². The van der Waals surface area contributed by atoms with Crippen molar-refractivity contribution >= 4 is 23.4 Å². The monoisotopic (exact) mass is 593 g/mol. The zero-order valence-corrected chi connectivity index (χ0v) is 25.0. The van der Waals surface area contributed by atoms with E-state index in [2.05, 4.69) is 10.6 Å². The zero-order chi connectivity index (χ0) is 30.1. The van der Waals surface area contributed by atoms with Crippen LogP contribution in [0, 0.1) is 5.92 Å². The predicted octanol–water partition coefficient (Wildman–Crippen LogP) is 4.36. The second-order valence-corrected chi connectivity index (χ2v) is 11.2. The SMILES string of the molecule is CNCc1ccc(C(=O)N2CCC[C@@H](C(O)(CCCNC(=O)CO)c3cccc(Cl)c3-c3cccc(OC)c3)C2)cc1. The Bertz CT molecular complexity index is 1370. The van der Waals surface area contributed by atoms with E-state index in [0.717, 1.165) is 24.1 Å². The first-order chi connectivity index (χ1) is 20.3. The standard InChI is InChI=1S/C33H40ClN3O5/c1-35-20-23-12-14-24(15-13-23)32(40)37-18-5-8-26(21-37)33(41,16-6-17-36-30(39)22-38)28-10-4-11-29(34)31(28)25-7-3-9-27(19-25)42-2/h3-4,7,9-15,19,26,35,38,41H,5-6,8,16-18,20-22H2,1-2H3,(H,36,39)/t26-,33?/m1/s1. The third kappa shape index (κ3) is 7.31. The van der Waals surface area contributed by atoms with E-state index in [1.54, 1.807) is 13.2 Å². The van der Waals surface area contributed by atoms with Crippen LogP contribution in [0.25, 0.3) is 11.1 Å². The van der Waals surface area contributed by atoms with Gasteiger partial charge in [-0.25, -0.2) is 0 Å². The molecule has 1 saturated heterocycles. The number of hydrogen-bond acceptors (Lipinski definition) is 6. The molecule has 4 rings (SSSR count). The molecule has 2 amide bonds. The second-order valence-electron chi connectivity index (χ2n) is 10.7. The Labute approximate surface area is 252 Å². The number of aliphatic hydroxyl groups excluding tert-OH is 1. The molecule has 3 aromatic carbocycles. The quantitative estimate of drug-likeness (QED) is 0.232. The summed E-state index contributed by atoms with van der Waals surface area (Å²) in [7, 11) is 3.49. The number of nitrogens with zero attached hydrogens (tertiary/aromatic N) is 1. The fourth-order valence-corrected chi connectivity index (χ4v) is 6.14. The molecule has 1 aliphatic rings. The maximum Gasteiger partial charge on any atom is 0.253 e. The van der Waals surface area contributed by atoms with Gasteiger partial charge in [0.25, 0.3) is 5.91 Å². The van der Waals surface area contributed by atoms with E-state index in [-0.39, 0.29) is 11.8 Å². The van der Waals surface area contributed by atoms with Crippen LogP contribution in [0.4, 0.5) is 0 Å². The number of amides is 2. The van der Waals surface area contributed by atoms with Crippen molar-refractivity contribution < 1.29 is 24.5 Å². The Morgan fingerprint density at radius 1 is 1.12 bits per heavy atom. The van der Waals surface area contributed by atoms with Crippen LogP contribution in [0.5, 0.6) is 5.75 Å². The van der Waals surface area contributed by atoms with Crippen LogP contribution in [0.1, 0.15) is 47.2 Å². The van der Waals surface area contributed by atoms with Gasteiger partial charge in [0.15, 0.2) is 0 Å². The first-order valence-electron chi connectivity index (χ1n) is 14.4. The molecule has 0 saturated carbocycles. The Morgan fingerprint density at radius 3 is 2.60 bits per heavy atom. The molecule has 1 heterocycles. The van der Waals surface area contributed by atoms with Crippen molar-refractivity contribution in [1.82, 2.24) is 15.5 Å². The largest absolute Gasteiger partial charge is 0.497 e. The van der Waals surface area contributed by atoms with Crippen molar-refractivity contribution in [1.29, 1.82) is 0 Å². The molecule has 224 valence electrons. The van der Waals surface area contributed by atoms with Crippen molar-refractivity contribution in [2.75, 3.05) is 40.4 Å². The number of ether oxygens (including phenoxy) is 1. The van der Waals surface area contributed by atoms with Gasteiger partial charge in [0.05, 0.1) is 12.7 Å². The number of nitrogens with one attached hydrogen (secondary N) is 2. The van der Waals surface area contributed by atoms with Crippen LogP contribution >= 0.6 is 11.6 Å². The summed E-state index contributed by atoms with van der Waals surface area (Å²) in [5, 5.41) is 28.1. The van der Waals surface area contributed by atoms with Gasteiger partial charge in [0, 0.05) is 48.2 Å². The number of methoxy groups -OCH3 is 1. The van der Waals surface area contributed by atoms with Crippen molar-refractivity contribution in [2.24, 2.45) is 5.92 Å². The molecule has 2 atom stereocenters. The first-order valence-corrected chi connectivity index (χ1v) is 14.7. The smallest absolute Gasteiger partial charge is 0.253 e. The van der Waals surface area contributed by atoms with Crippen molar-refractivity contribution in [3.63, 3.8) is 0 Å². The molecule has 1 aliphatic heterocycles. The number of likely N-dealkylation sites (tertiary alicyclic amines) is 1. The molecule has 0 aromatic heterocycles. The molecule has 0 aliphatic carbocycles. The van der Waals surface area contributed by atoms with E-state index in [1.807, 2.05) is 72.6 Å². The molecule has 3 aromatic rings. The van der Waals surface area contributed by atoms with Crippen LogP contribution in [-0.2, 0) is 16.9 Å². The van der Waals surface area contributed by atoms with E-state index in [0.29, 0.717) is 66.4 Å². The summed E-state index contributed by atoms with van der Waals surface area (Å²) in [6.07, 6.45) is 2.24. The van der Waals surface area contributed by atoms with Gasteiger partial charge in [-0.2, -0.15) is 0 Å². The second kappa shape index (κ2) is 14.6. The lowest BCUT2D eigenvalue weighted by Crippen LogP contribution is -2.48. The minimum absolute atomic E-state index is 0.0626. The molecule has 42 heavy (non-hydrogen) atoms. The van der Waals surface area contributed by atoms with E-state index in [1.165, 1.54) is 0 Å². The molecule has 0 bridgehead atoms. The van der Waals surface area contributed by atoms with Gasteiger partial charge < -0.3 is 30.5 Å². The third-order valence-corrected chi connectivity index (χ3v) is 8.32. The molecule has 8 nitrogen and oxygen atoms in total. The first kappa shape index (κ1) is 31.5. The normalized spacial score (nSPS) is 16.5. The van der Waals surface area contributed by atoms with Crippen LogP contribution in [0.3, 0.4) is 0 Å². The minimum Gasteiger partial charge on any atom is -0.497 e. The summed E-state index contributed by atoms with van der Waals surface area (Å²) in [6, 6.07) is 20.7. The average molecular weight is 594 g/mol. The highest BCUT2D eigenvalue weighted by Crippen LogP contribution is 2.46. The number of piperidine rings is 1. The molecule has 1 unspecified atom stereocenters. The predicted molar refractivity (Wildman–Crippen MR) is 164 cm³/mol. The van der Waals surface area contributed by atoms with Gasteiger partial charge in [-0.15, -0.1) is 0 Å². The van der Waals surface area contributed by atoms with Gasteiger partial charge in [-0.1, -0.05) is 48.0 Å². The highest BCUT2D eigenvalue weighted by molar-refractivity contribution is 6.33. The number of benzene rings is 3. The van der Waals surface area contributed by atoms with E-state index in [4.69, 9.17) is 21.4 Å². The topological polar surface area (TPSA) is 111 Å². The minimum atomic E-state index is -1.36. The molecule has 4 N–H and O–H groups in total. The number of carbonyl (C=O) groups excluding carboxylic acids is 2. The lowest BCUT2D eigenvalue weighted by molar-refractivity contribution is -0.123. The fraction of sp³-hybridized carbons (Fsp3) is 0.394. The number of carbonyl (C=O) groups is 2. The van der Waals surface area contributed by atoms with Gasteiger partial charge in [0.1, 0.15) is 12.4 Å². The van der Waals surface area contributed by atoms with Gasteiger partial charge >= 0.3 is 0 Å².